The Kier molecular flexibility index (Phi) is 5.38. The highest BCUT2D eigenvalue weighted by Gasteiger charge is 2.12. The van der Waals surface area contributed by atoms with Crippen LogP contribution in [-0.4, -0.2) is 30.5 Å². The second kappa shape index (κ2) is 7.72. The van der Waals surface area contributed by atoms with Crippen molar-refractivity contribution in [2.75, 3.05) is 21.6 Å². The molecule has 3 aromatic rings. The van der Waals surface area contributed by atoms with E-state index >= 15 is 0 Å². The van der Waals surface area contributed by atoms with E-state index in [1.165, 1.54) is 17.4 Å². The molecule has 0 atom stereocenters. The third-order valence-electron chi connectivity index (χ3n) is 3.28. The number of sulfonamides is 1. The largest absolute Gasteiger partial charge is 0.321 e. The number of thiazole rings is 1. The molecule has 0 aliphatic rings. The SMILES string of the molecule is Cc1cccc(Nc2nc(C(=O)Nc3cccc(NS(C)(=O)=O)c3)cs2)n1. The monoisotopic (exact) mass is 403 g/mol. The van der Waals surface area contributed by atoms with E-state index < -0.39 is 15.9 Å². The van der Waals surface area contributed by atoms with Crippen molar-refractivity contribution in [3.8, 4) is 0 Å². The van der Waals surface area contributed by atoms with Crippen LogP contribution in [0.2, 0.25) is 0 Å². The van der Waals surface area contributed by atoms with Gasteiger partial charge in [0.05, 0.1) is 11.9 Å². The Hall–Kier alpha value is -2.98. The first-order valence-electron chi connectivity index (χ1n) is 7.84. The molecule has 0 aliphatic heterocycles. The Labute approximate surface area is 160 Å². The first-order chi connectivity index (χ1) is 12.8. The highest BCUT2D eigenvalue weighted by Crippen LogP contribution is 2.21. The number of nitrogens with one attached hydrogen (secondary N) is 3. The molecule has 0 saturated heterocycles. The quantitative estimate of drug-likeness (QED) is 0.582. The number of amides is 1. The maximum Gasteiger partial charge on any atom is 0.275 e. The molecule has 140 valence electrons. The Morgan fingerprint density at radius 3 is 2.56 bits per heavy atom. The molecule has 2 heterocycles. The second-order valence-corrected chi connectivity index (χ2v) is 8.34. The highest BCUT2D eigenvalue weighted by atomic mass is 32.2. The van der Waals surface area contributed by atoms with Crippen LogP contribution in [0.15, 0.2) is 47.8 Å². The van der Waals surface area contributed by atoms with Crippen LogP contribution < -0.4 is 15.4 Å². The van der Waals surface area contributed by atoms with E-state index in [0.717, 1.165) is 11.9 Å². The van der Waals surface area contributed by atoms with Crippen LogP contribution in [0.5, 0.6) is 0 Å². The minimum Gasteiger partial charge on any atom is -0.321 e. The number of carbonyl (C=O) groups excluding carboxylic acids is 1. The number of nitrogens with zero attached hydrogens (tertiary/aromatic N) is 2. The number of carbonyl (C=O) groups is 1. The Bertz CT molecular complexity index is 1080. The van der Waals surface area contributed by atoms with E-state index in [0.29, 0.717) is 22.3 Å². The first kappa shape index (κ1) is 18.8. The van der Waals surface area contributed by atoms with Gasteiger partial charge in [0, 0.05) is 16.8 Å². The van der Waals surface area contributed by atoms with Gasteiger partial charge < -0.3 is 10.6 Å². The molecular weight excluding hydrogens is 386 g/mol. The number of pyridine rings is 1. The van der Waals surface area contributed by atoms with Crippen molar-refractivity contribution >= 4 is 49.6 Å². The van der Waals surface area contributed by atoms with Crippen LogP contribution in [0.4, 0.5) is 22.3 Å². The van der Waals surface area contributed by atoms with E-state index in [1.807, 2.05) is 25.1 Å². The lowest BCUT2D eigenvalue weighted by Crippen LogP contribution is -2.13. The van der Waals surface area contributed by atoms with Crippen molar-refractivity contribution in [2.45, 2.75) is 6.92 Å². The van der Waals surface area contributed by atoms with Gasteiger partial charge >= 0.3 is 0 Å². The fourth-order valence-electron chi connectivity index (χ4n) is 2.23. The normalized spacial score (nSPS) is 11.0. The molecule has 1 amide bonds. The van der Waals surface area contributed by atoms with Crippen LogP contribution in [0, 0.1) is 6.92 Å². The summed E-state index contributed by atoms with van der Waals surface area (Å²) in [7, 11) is -3.39. The third kappa shape index (κ3) is 5.50. The fraction of sp³-hybridized carbons (Fsp3) is 0.118. The van der Waals surface area contributed by atoms with E-state index in [4.69, 9.17) is 0 Å². The molecule has 0 aliphatic carbocycles. The zero-order chi connectivity index (χ0) is 19.4. The summed E-state index contributed by atoms with van der Waals surface area (Å²) in [6.45, 7) is 1.89. The van der Waals surface area contributed by atoms with Gasteiger partial charge in [0.1, 0.15) is 11.5 Å². The van der Waals surface area contributed by atoms with Gasteiger partial charge in [-0.1, -0.05) is 12.1 Å². The van der Waals surface area contributed by atoms with E-state index in [-0.39, 0.29) is 5.69 Å². The summed E-state index contributed by atoms with van der Waals surface area (Å²) in [5.41, 5.74) is 1.94. The van der Waals surface area contributed by atoms with E-state index in [2.05, 4.69) is 25.3 Å². The average molecular weight is 403 g/mol. The predicted octanol–water partition coefficient (Wildman–Crippen LogP) is 3.21. The number of aryl methyl sites for hydroxylation is 1. The zero-order valence-electron chi connectivity index (χ0n) is 14.6. The lowest BCUT2D eigenvalue weighted by atomic mass is 10.3. The summed E-state index contributed by atoms with van der Waals surface area (Å²) < 4.78 is 25.0. The van der Waals surface area contributed by atoms with Crippen molar-refractivity contribution in [1.82, 2.24) is 9.97 Å². The summed E-state index contributed by atoms with van der Waals surface area (Å²) in [5.74, 6) is 0.254. The molecule has 0 spiro atoms. The molecule has 0 unspecified atom stereocenters. The molecule has 10 heteroatoms. The average Bonchev–Trinajstić information content (AvgIpc) is 3.02. The molecular formula is C17H17N5O3S2. The number of aromatic nitrogens is 2. The van der Waals surface area contributed by atoms with Gasteiger partial charge in [-0.2, -0.15) is 0 Å². The summed E-state index contributed by atoms with van der Waals surface area (Å²) in [6, 6.07) is 12.0. The fourth-order valence-corrected chi connectivity index (χ4v) is 3.48. The zero-order valence-corrected chi connectivity index (χ0v) is 16.2. The summed E-state index contributed by atoms with van der Waals surface area (Å²) in [4.78, 5) is 21.0. The molecule has 3 rings (SSSR count). The topological polar surface area (TPSA) is 113 Å². The summed E-state index contributed by atoms with van der Waals surface area (Å²) in [6.07, 6.45) is 1.06. The van der Waals surface area contributed by atoms with E-state index in [9.17, 15) is 13.2 Å². The minimum absolute atomic E-state index is 0.247. The molecule has 8 nitrogen and oxygen atoms in total. The molecule has 0 fully saturated rings. The van der Waals surface area contributed by atoms with E-state index in [1.54, 1.807) is 23.6 Å². The van der Waals surface area contributed by atoms with Crippen molar-refractivity contribution < 1.29 is 13.2 Å². The van der Waals surface area contributed by atoms with Gasteiger partial charge in [-0.15, -0.1) is 11.3 Å². The first-order valence-corrected chi connectivity index (χ1v) is 10.6. The number of hydrogen-bond donors (Lipinski definition) is 3. The Morgan fingerprint density at radius 1 is 1.07 bits per heavy atom. The van der Waals surface area contributed by atoms with Crippen LogP contribution in [0.1, 0.15) is 16.2 Å². The number of anilines is 4. The maximum atomic E-state index is 12.4. The molecule has 2 aromatic heterocycles. The van der Waals surface area contributed by atoms with Gasteiger partial charge in [-0.25, -0.2) is 18.4 Å². The number of rotatable bonds is 6. The van der Waals surface area contributed by atoms with Crippen molar-refractivity contribution in [1.29, 1.82) is 0 Å². The number of hydrogen-bond acceptors (Lipinski definition) is 7. The highest BCUT2D eigenvalue weighted by molar-refractivity contribution is 7.92. The molecule has 3 N–H and O–H groups in total. The minimum atomic E-state index is -3.39. The maximum absolute atomic E-state index is 12.4. The molecule has 0 bridgehead atoms. The smallest absolute Gasteiger partial charge is 0.275 e. The lowest BCUT2D eigenvalue weighted by molar-refractivity contribution is 0.102. The van der Waals surface area contributed by atoms with Crippen LogP contribution in [0.25, 0.3) is 0 Å². The standard InChI is InChI=1S/C17H17N5O3S2/c1-11-5-3-8-15(18-11)21-17-20-14(10-26-17)16(23)19-12-6-4-7-13(9-12)22-27(2,24)25/h3-10,22H,1-2H3,(H,19,23)(H,18,20,21). The number of benzene rings is 1. The van der Waals surface area contributed by atoms with Gasteiger partial charge in [0.2, 0.25) is 10.0 Å². The van der Waals surface area contributed by atoms with Crippen molar-refractivity contribution in [3.63, 3.8) is 0 Å². The molecule has 0 radical (unpaired) electrons. The van der Waals surface area contributed by atoms with Gasteiger partial charge in [-0.05, 0) is 37.3 Å². The predicted molar refractivity (Wildman–Crippen MR) is 107 cm³/mol. The second-order valence-electron chi connectivity index (χ2n) is 5.74. The Balaban J connectivity index is 1.68. The van der Waals surface area contributed by atoms with Crippen LogP contribution in [0.3, 0.4) is 0 Å². The molecule has 0 saturated carbocycles. The van der Waals surface area contributed by atoms with Crippen molar-refractivity contribution in [3.05, 3.63) is 59.2 Å². The summed E-state index contributed by atoms with van der Waals surface area (Å²) in [5, 5.41) is 7.93. The van der Waals surface area contributed by atoms with Gasteiger partial charge in [0.25, 0.3) is 5.91 Å². The lowest BCUT2D eigenvalue weighted by Gasteiger charge is -2.07. The van der Waals surface area contributed by atoms with Gasteiger partial charge in [-0.3, -0.25) is 9.52 Å². The summed E-state index contributed by atoms with van der Waals surface area (Å²) >= 11 is 1.29. The third-order valence-corrected chi connectivity index (χ3v) is 4.65. The van der Waals surface area contributed by atoms with Gasteiger partial charge in [0.15, 0.2) is 5.13 Å². The molecule has 1 aromatic carbocycles. The Morgan fingerprint density at radius 2 is 1.81 bits per heavy atom. The van der Waals surface area contributed by atoms with Crippen LogP contribution >= 0.6 is 11.3 Å². The molecule has 27 heavy (non-hydrogen) atoms. The van der Waals surface area contributed by atoms with Crippen molar-refractivity contribution in [2.24, 2.45) is 0 Å². The van der Waals surface area contributed by atoms with Crippen LogP contribution in [-0.2, 0) is 10.0 Å².